The van der Waals surface area contributed by atoms with Gasteiger partial charge in [0.15, 0.2) is 5.69 Å². The molecule has 0 amide bonds. The fraction of sp³-hybridized carbons (Fsp3) is 0.448. The zero-order valence-corrected chi connectivity index (χ0v) is 24.7. The topological polar surface area (TPSA) is 140 Å². The number of pyridine rings is 1. The first-order chi connectivity index (χ1) is 20.5. The third-order valence-electron chi connectivity index (χ3n) is 7.41. The second-order valence-electron chi connectivity index (χ2n) is 9.87. The number of halogens is 5. The fourth-order valence-electron chi connectivity index (χ4n) is 5.41. The lowest BCUT2D eigenvalue weighted by atomic mass is 9.90. The first-order valence-corrected chi connectivity index (χ1v) is 14.2. The van der Waals surface area contributed by atoms with Crippen molar-refractivity contribution in [2.24, 2.45) is 0 Å². The van der Waals surface area contributed by atoms with Crippen molar-refractivity contribution in [1.29, 1.82) is 0 Å². The van der Waals surface area contributed by atoms with E-state index < -0.39 is 11.9 Å². The van der Waals surface area contributed by atoms with Gasteiger partial charge in [0.2, 0.25) is 0 Å². The lowest BCUT2D eigenvalue weighted by Crippen LogP contribution is -2.50. The molecule has 3 aliphatic rings. The molecule has 14 heteroatoms. The Morgan fingerprint density at radius 3 is 2.26 bits per heavy atom. The maximum Gasteiger partial charge on any atom is 0.434 e. The Morgan fingerprint density at radius 1 is 1.02 bits per heavy atom. The highest BCUT2D eigenvalue weighted by Gasteiger charge is 2.36. The van der Waals surface area contributed by atoms with Crippen LogP contribution in [0.1, 0.15) is 54.6 Å². The number of nitrogens with zero attached hydrogens (tertiary/aromatic N) is 2. The minimum absolute atomic E-state index is 0.250. The summed E-state index contributed by atoms with van der Waals surface area (Å²) in [6.45, 7) is 1.91. The zero-order valence-electron chi connectivity index (χ0n) is 23.2. The second-order valence-corrected chi connectivity index (χ2v) is 10.7. The molecule has 1 fully saturated rings. The van der Waals surface area contributed by atoms with E-state index in [1.165, 1.54) is 47.6 Å². The average molecular weight is 649 g/mol. The molecule has 1 atom stereocenters. The van der Waals surface area contributed by atoms with Gasteiger partial charge in [0, 0.05) is 35.9 Å². The lowest BCUT2D eigenvalue weighted by Gasteiger charge is -2.39. The lowest BCUT2D eigenvalue weighted by molar-refractivity contribution is -0.141. The van der Waals surface area contributed by atoms with Crippen molar-refractivity contribution in [3.05, 3.63) is 68.5 Å². The molecule has 5 rings (SSSR count). The summed E-state index contributed by atoms with van der Waals surface area (Å²) in [4.78, 5) is 31.4. The van der Waals surface area contributed by atoms with Gasteiger partial charge in [-0.3, -0.25) is 19.3 Å². The quantitative estimate of drug-likeness (QED) is 0.280. The van der Waals surface area contributed by atoms with Crippen LogP contribution < -0.4 is 5.32 Å². The Labute approximate surface area is 257 Å². The fourth-order valence-corrected chi connectivity index (χ4v) is 5.79. The molecule has 0 bridgehead atoms. The van der Waals surface area contributed by atoms with Gasteiger partial charge in [-0.15, -0.1) is 0 Å². The summed E-state index contributed by atoms with van der Waals surface area (Å²) in [5.41, 5.74) is 4.98. The maximum absolute atomic E-state index is 13.2. The molecule has 0 spiro atoms. The zero-order chi connectivity index (χ0) is 32.0. The third-order valence-corrected chi connectivity index (χ3v) is 7.95. The van der Waals surface area contributed by atoms with Gasteiger partial charge >= 0.3 is 6.18 Å². The summed E-state index contributed by atoms with van der Waals surface area (Å²) in [6.07, 6.45) is 2.37. The van der Waals surface area contributed by atoms with Crippen molar-refractivity contribution in [3.63, 3.8) is 0 Å². The van der Waals surface area contributed by atoms with E-state index in [4.69, 9.17) is 52.9 Å². The van der Waals surface area contributed by atoms with Crippen molar-refractivity contribution in [1.82, 2.24) is 15.2 Å². The third kappa shape index (κ3) is 10.5. The van der Waals surface area contributed by atoms with Crippen LogP contribution in [0.15, 0.2) is 35.9 Å². The minimum Gasteiger partial charge on any atom is -0.483 e. The Balaban J connectivity index is 0.000000641. The van der Waals surface area contributed by atoms with Crippen LogP contribution in [0.5, 0.6) is 0 Å². The number of benzene rings is 1. The van der Waals surface area contributed by atoms with E-state index >= 15 is 0 Å². The van der Waals surface area contributed by atoms with Gasteiger partial charge in [-0.25, -0.2) is 4.98 Å². The van der Waals surface area contributed by atoms with Crippen molar-refractivity contribution in [3.8, 4) is 0 Å². The first-order valence-electron chi connectivity index (χ1n) is 13.5. The van der Waals surface area contributed by atoms with Gasteiger partial charge in [-0.1, -0.05) is 35.7 Å². The number of carbonyl (C=O) groups is 3. The number of aromatic nitrogens is 1. The smallest absolute Gasteiger partial charge is 0.434 e. The van der Waals surface area contributed by atoms with Crippen molar-refractivity contribution in [2.45, 2.75) is 63.2 Å². The van der Waals surface area contributed by atoms with Crippen LogP contribution in [0.2, 0.25) is 10.0 Å². The molecule has 2 aromatic rings. The second kappa shape index (κ2) is 17.8. The molecule has 236 valence electrons. The van der Waals surface area contributed by atoms with Crippen molar-refractivity contribution in [2.75, 3.05) is 19.6 Å². The van der Waals surface area contributed by atoms with Gasteiger partial charge < -0.3 is 20.6 Å². The molecule has 1 aromatic heterocycles. The number of hydrogen-bond donors (Lipinski definition) is 4. The molecule has 2 aliphatic carbocycles. The number of fused-ring (bicyclic) bond motifs is 2. The summed E-state index contributed by atoms with van der Waals surface area (Å²) in [7, 11) is 0. The molecule has 0 saturated heterocycles. The molecular formula is C29H34Cl2F3N3O6. The van der Waals surface area contributed by atoms with E-state index in [0.29, 0.717) is 24.2 Å². The molecule has 4 N–H and O–H groups in total. The summed E-state index contributed by atoms with van der Waals surface area (Å²) in [6, 6.07) is 9.99. The SMILES string of the molecule is FC(F)(F)c1nc(CCCN2CCC3=C(Cc4ccc(Cl)cc43)C2CNC2CCC2)ccc1Cl.O=CO.O=CO.O=CO. The molecule has 9 nitrogen and oxygen atoms in total. The van der Waals surface area contributed by atoms with Crippen molar-refractivity contribution >= 4 is 48.2 Å². The van der Waals surface area contributed by atoms with E-state index in [-0.39, 0.29) is 24.4 Å². The number of aryl methyl sites for hydroxylation is 1. The van der Waals surface area contributed by atoms with Crippen LogP contribution in [0.25, 0.3) is 5.57 Å². The van der Waals surface area contributed by atoms with E-state index in [1.807, 2.05) is 6.07 Å². The van der Waals surface area contributed by atoms with Gasteiger partial charge in [-0.05, 0) is 91.6 Å². The van der Waals surface area contributed by atoms with E-state index in [2.05, 4.69) is 27.3 Å². The van der Waals surface area contributed by atoms with Crippen LogP contribution in [0.4, 0.5) is 13.2 Å². The Hall–Kier alpha value is -3.19. The van der Waals surface area contributed by atoms with Crippen LogP contribution >= 0.6 is 23.2 Å². The average Bonchev–Trinajstić information content (AvgIpc) is 3.28. The molecule has 1 unspecified atom stereocenters. The summed E-state index contributed by atoms with van der Waals surface area (Å²) in [5, 5.41) is 24.8. The standard InChI is InChI=1S/C26H28Cl2F3N3.3CH2O2/c27-17-7-6-16-13-22-20(21(16)14-17)10-12-34(24(22)15-32-18-3-1-4-18)11-2-5-19-8-9-23(28)25(33-19)26(29,30)31;3*2-1-3/h6-9,14,18,24,32H,1-5,10-13,15H2;3*1H,(H,2,3). The molecule has 1 saturated carbocycles. The summed E-state index contributed by atoms with van der Waals surface area (Å²) >= 11 is 12.0. The largest absolute Gasteiger partial charge is 0.483 e. The highest BCUT2D eigenvalue weighted by molar-refractivity contribution is 6.31. The van der Waals surface area contributed by atoms with Crippen LogP contribution in [-0.4, -0.2) is 76.3 Å². The number of nitrogens with one attached hydrogen (secondary N) is 1. The number of carboxylic acid groups (broad SMARTS) is 3. The normalized spacial score (nSPS) is 17.4. The van der Waals surface area contributed by atoms with Crippen LogP contribution in [0.3, 0.4) is 0 Å². The molecule has 2 heterocycles. The Morgan fingerprint density at radius 2 is 1.67 bits per heavy atom. The number of rotatable bonds is 7. The maximum atomic E-state index is 13.2. The van der Waals surface area contributed by atoms with E-state index in [9.17, 15) is 13.2 Å². The van der Waals surface area contributed by atoms with Gasteiger partial charge in [0.1, 0.15) is 0 Å². The molecule has 1 aliphatic heterocycles. The molecule has 1 aromatic carbocycles. The molecular weight excluding hydrogens is 614 g/mol. The predicted molar refractivity (Wildman–Crippen MR) is 156 cm³/mol. The van der Waals surface area contributed by atoms with E-state index in [0.717, 1.165) is 43.9 Å². The van der Waals surface area contributed by atoms with E-state index in [1.54, 1.807) is 6.07 Å². The monoisotopic (exact) mass is 647 g/mol. The Bertz CT molecular complexity index is 1240. The van der Waals surface area contributed by atoms with Gasteiger partial charge in [0.05, 0.1) is 5.02 Å². The van der Waals surface area contributed by atoms with Crippen LogP contribution in [0, 0.1) is 0 Å². The highest BCUT2D eigenvalue weighted by Crippen LogP contribution is 2.42. The summed E-state index contributed by atoms with van der Waals surface area (Å²) in [5.74, 6) is 0. The van der Waals surface area contributed by atoms with Gasteiger partial charge in [-0.2, -0.15) is 13.2 Å². The molecule has 0 radical (unpaired) electrons. The predicted octanol–water partition coefficient (Wildman–Crippen LogP) is 5.67. The Kier molecular flexibility index (Phi) is 14.9. The summed E-state index contributed by atoms with van der Waals surface area (Å²) < 4.78 is 39.5. The van der Waals surface area contributed by atoms with Gasteiger partial charge in [0.25, 0.3) is 19.4 Å². The minimum atomic E-state index is -4.54. The number of hydrogen-bond acceptors (Lipinski definition) is 6. The van der Waals surface area contributed by atoms with Crippen LogP contribution in [-0.2, 0) is 33.4 Å². The highest BCUT2D eigenvalue weighted by atomic mass is 35.5. The van der Waals surface area contributed by atoms with Crippen molar-refractivity contribution < 1.29 is 42.9 Å². The molecule has 43 heavy (non-hydrogen) atoms. The first kappa shape index (κ1) is 36.0. The number of alkyl halides is 3.